The van der Waals surface area contributed by atoms with E-state index in [4.69, 9.17) is 0 Å². The number of nitrogens with one attached hydrogen (secondary N) is 1. The van der Waals surface area contributed by atoms with Gasteiger partial charge in [-0.3, -0.25) is 29.4 Å². The molecule has 2 aliphatic carbocycles. The third-order valence-electron chi connectivity index (χ3n) is 6.20. The van der Waals surface area contributed by atoms with Gasteiger partial charge < -0.3 is 5.32 Å². The number of amides is 3. The summed E-state index contributed by atoms with van der Waals surface area (Å²) in [4.78, 5) is 48.6. The summed E-state index contributed by atoms with van der Waals surface area (Å²) in [5, 5.41) is 13.4. The van der Waals surface area contributed by atoms with Crippen molar-refractivity contribution >= 4 is 23.4 Å². The first-order chi connectivity index (χ1) is 13.0. The lowest BCUT2D eigenvalue weighted by atomic mass is 9.81. The zero-order chi connectivity index (χ0) is 19.1. The monoisotopic (exact) mass is 371 g/mol. The summed E-state index contributed by atoms with van der Waals surface area (Å²) >= 11 is 0. The Bertz CT molecular complexity index is 778. The minimum Gasteiger partial charge on any atom is -0.354 e. The first-order valence-electron chi connectivity index (χ1n) is 9.31. The molecule has 4 atom stereocenters. The minimum absolute atomic E-state index is 0.0216. The van der Waals surface area contributed by atoms with E-state index in [0.717, 1.165) is 29.7 Å². The van der Waals surface area contributed by atoms with Crippen LogP contribution in [0.5, 0.6) is 0 Å². The number of hydrogen-bond donors (Lipinski definition) is 1. The van der Waals surface area contributed by atoms with Gasteiger partial charge in [-0.1, -0.05) is 12.1 Å². The van der Waals surface area contributed by atoms with Crippen molar-refractivity contribution in [1.82, 2.24) is 10.2 Å². The molecule has 1 aliphatic heterocycles. The minimum atomic E-state index is -0.461. The Hall–Kier alpha value is -2.77. The molecule has 27 heavy (non-hydrogen) atoms. The molecule has 4 rings (SSSR count). The topological polar surface area (TPSA) is 110 Å². The van der Waals surface area contributed by atoms with Gasteiger partial charge in [-0.25, -0.2) is 0 Å². The fraction of sp³-hybridized carbons (Fsp3) is 0.526. The van der Waals surface area contributed by atoms with Gasteiger partial charge in [-0.2, -0.15) is 0 Å². The number of nitro benzene ring substituents is 1. The molecule has 3 aliphatic rings. The van der Waals surface area contributed by atoms with Crippen LogP contribution in [0.1, 0.15) is 24.8 Å². The van der Waals surface area contributed by atoms with Crippen molar-refractivity contribution < 1.29 is 19.3 Å². The fourth-order valence-electron chi connectivity index (χ4n) is 4.96. The smallest absolute Gasteiger partial charge is 0.269 e. The molecule has 1 aromatic carbocycles. The lowest BCUT2D eigenvalue weighted by Gasteiger charge is -2.19. The summed E-state index contributed by atoms with van der Waals surface area (Å²) in [5.74, 6) is -0.497. The van der Waals surface area contributed by atoms with Crippen molar-refractivity contribution in [3.63, 3.8) is 0 Å². The average Bonchev–Trinajstić information content (AvgIpc) is 3.32. The van der Waals surface area contributed by atoms with Crippen molar-refractivity contribution in [2.75, 3.05) is 13.1 Å². The standard InChI is InChI=1S/C19H21N3O5/c23-15(20-8-7-11-1-5-14(6-2-11)22(26)27)10-21-18(24)16-12-3-4-13(9-12)17(16)19(21)25/h1-2,5-6,12-13,16-17H,3-4,7-10H2,(H,20,23)/t12-,13?,16?,17+/m1/s1. The number of non-ortho nitro benzene ring substituents is 1. The highest BCUT2D eigenvalue weighted by Gasteiger charge is 2.60. The molecule has 2 saturated carbocycles. The van der Waals surface area contributed by atoms with Crippen molar-refractivity contribution in [1.29, 1.82) is 0 Å². The molecule has 1 aromatic rings. The number of benzene rings is 1. The maximum atomic E-state index is 12.6. The van der Waals surface area contributed by atoms with Gasteiger partial charge in [0.05, 0.1) is 16.8 Å². The normalized spacial score (nSPS) is 28.5. The highest BCUT2D eigenvalue weighted by atomic mass is 16.6. The second kappa shape index (κ2) is 6.75. The lowest BCUT2D eigenvalue weighted by molar-refractivity contribution is -0.384. The molecule has 0 aromatic heterocycles. The Morgan fingerprint density at radius 2 is 1.70 bits per heavy atom. The number of rotatable bonds is 6. The summed E-state index contributed by atoms with van der Waals surface area (Å²) in [6, 6.07) is 6.14. The predicted molar refractivity (Wildman–Crippen MR) is 94.3 cm³/mol. The van der Waals surface area contributed by atoms with Gasteiger partial charge in [0.15, 0.2) is 0 Å². The molecule has 1 N–H and O–H groups in total. The molecule has 1 saturated heterocycles. The third-order valence-corrected chi connectivity index (χ3v) is 6.20. The van der Waals surface area contributed by atoms with E-state index in [0.29, 0.717) is 24.8 Å². The van der Waals surface area contributed by atoms with Gasteiger partial charge in [0.1, 0.15) is 6.54 Å². The van der Waals surface area contributed by atoms with Crippen molar-refractivity contribution in [2.45, 2.75) is 25.7 Å². The molecule has 8 nitrogen and oxygen atoms in total. The molecule has 8 heteroatoms. The SMILES string of the molecule is O=C(CN1C(=O)C2[C@@H]3CCC(C3)[C@@H]2C1=O)NCCc1ccc([N+](=O)[O-])cc1. The molecule has 0 spiro atoms. The van der Waals surface area contributed by atoms with Crippen LogP contribution in [0.15, 0.2) is 24.3 Å². The van der Waals surface area contributed by atoms with E-state index in [1.807, 2.05) is 0 Å². The van der Waals surface area contributed by atoms with Crippen LogP contribution >= 0.6 is 0 Å². The van der Waals surface area contributed by atoms with Gasteiger partial charge in [0.25, 0.3) is 5.69 Å². The molecule has 3 fully saturated rings. The number of nitrogens with zero attached hydrogens (tertiary/aromatic N) is 2. The van der Waals surface area contributed by atoms with Crippen LogP contribution in [0.3, 0.4) is 0 Å². The zero-order valence-corrected chi connectivity index (χ0v) is 14.8. The van der Waals surface area contributed by atoms with Crippen LogP contribution in [0.4, 0.5) is 5.69 Å². The quantitative estimate of drug-likeness (QED) is 0.460. The number of carbonyl (C=O) groups is 3. The van der Waals surface area contributed by atoms with Crippen molar-refractivity contribution in [3.8, 4) is 0 Å². The summed E-state index contributed by atoms with van der Waals surface area (Å²) in [6.07, 6.45) is 3.52. The summed E-state index contributed by atoms with van der Waals surface area (Å²) < 4.78 is 0. The number of hydrogen-bond acceptors (Lipinski definition) is 5. The molecular formula is C19H21N3O5. The molecule has 3 amide bonds. The molecule has 1 heterocycles. The molecule has 2 unspecified atom stereocenters. The zero-order valence-electron chi connectivity index (χ0n) is 14.8. The number of fused-ring (bicyclic) bond motifs is 5. The van der Waals surface area contributed by atoms with Crippen LogP contribution in [0.25, 0.3) is 0 Å². The first kappa shape index (κ1) is 17.6. The Morgan fingerprint density at radius 1 is 1.11 bits per heavy atom. The van der Waals surface area contributed by atoms with E-state index in [1.165, 1.54) is 12.1 Å². The summed E-state index contributed by atoms with van der Waals surface area (Å²) in [5.41, 5.74) is 0.883. The lowest BCUT2D eigenvalue weighted by Crippen LogP contribution is -2.42. The second-order valence-corrected chi connectivity index (χ2v) is 7.67. The van der Waals surface area contributed by atoms with Gasteiger partial charge in [0.2, 0.25) is 17.7 Å². The Kier molecular flexibility index (Phi) is 4.41. The van der Waals surface area contributed by atoms with E-state index in [2.05, 4.69) is 5.32 Å². The Morgan fingerprint density at radius 3 is 2.26 bits per heavy atom. The van der Waals surface area contributed by atoms with Gasteiger partial charge in [-0.15, -0.1) is 0 Å². The Balaban J connectivity index is 1.28. The molecular weight excluding hydrogens is 350 g/mol. The van der Waals surface area contributed by atoms with E-state index >= 15 is 0 Å². The fourth-order valence-corrected chi connectivity index (χ4v) is 4.96. The number of likely N-dealkylation sites (tertiary alicyclic amines) is 1. The highest BCUT2D eigenvalue weighted by molar-refractivity contribution is 6.08. The number of nitro groups is 1. The van der Waals surface area contributed by atoms with E-state index in [-0.39, 0.29) is 41.8 Å². The largest absolute Gasteiger partial charge is 0.354 e. The number of imide groups is 1. The summed E-state index contributed by atoms with van der Waals surface area (Å²) in [7, 11) is 0. The maximum absolute atomic E-state index is 12.6. The summed E-state index contributed by atoms with van der Waals surface area (Å²) in [6.45, 7) is 0.120. The molecule has 2 bridgehead atoms. The van der Waals surface area contributed by atoms with Crippen molar-refractivity contribution in [3.05, 3.63) is 39.9 Å². The van der Waals surface area contributed by atoms with Gasteiger partial charge in [-0.05, 0) is 43.1 Å². The van der Waals surface area contributed by atoms with Crippen molar-refractivity contribution in [2.24, 2.45) is 23.7 Å². The van der Waals surface area contributed by atoms with Crippen LogP contribution < -0.4 is 5.32 Å². The predicted octanol–water partition coefficient (Wildman–Crippen LogP) is 1.28. The van der Waals surface area contributed by atoms with Crippen LogP contribution in [0, 0.1) is 33.8 Å². The van der Waals surface area contributed by atoms with Crippen LogP contribution in [-0.4, -0.2) is 40.6 Å². The second-order valence-electron chi connectivity index (χ2n) is 7.67. The molecule has 0 radical (unpaired) electrons. The first-order valence-corrected chi connectivity index (χ1v) is 9.31. The number of carbonyl (C=O) groups excluding carboxylic acids is 3. The van der Waals surface area contributed by atoms with E-state index in [1.54, 1.807) is 12.1 Å². The third kappa shape index (κ3) is 3.09. The van der Waals surface area contributed by atoms with Gasteiger partial charge in [0, 0.05) is 18.7 Å². The van der Waals surface area contributed by atoms with Gasteiger partial charge >= 0.3 is 0 Å². The molecule has 142 valence electrons. The van der Waals surface area contributed by atoms with E-state index in [9.17, 15) is 24.5 Å². The Labute approximate surface area is 156 Å². The average molecular weight is 371 g/mol. The van der Waals surface area contributed by atoms with Crippen LogP contribution in [-0.2, 0) is 20.8 Å². The highest BCUT2D eigenvalue weighted by Crippen LogP contribution is 2.55. The van der Waals surface area contributed by atoms with E-state index < -0.39 is 4.92 Å². The maximum Gasteiger partial charge on any atom is 0.269 e. The van der Waals surface area contributed by atoms with Crippen LogP contribution in [0.2, 0.25) is 0 Å².